The van der Waals surface area contributed by atoms with Crippen LogP contribution < -0.4 is 11.2 Å². The Balaban J connectivity index is 2.49. The Morgan fingerprint density at radius 1 is 1.38 bits per heavy atom. The van der Waals surface area contributed by atoms with Gasteiger partial charge in [-0.1, -0.05) is 37.1 Å². The van der Waals surface area contributed by atoms with Crippen molar-refractivity contribution in [2.24, 2.45) is 0 Å². The van der Waals surface area contributed by atoms with E-state index in [1.54, 1.807) is 24.3 Å². The first kappa shape index (κ1) is 15.1. The van der Waals surface area contributed by atoms with Gasteiger partial charge in [0.05, 0.1) is 23.7 Å². The number of hydrogen-bond acceptors (Lipinski definition) is 3. The maximum atomic E-state index is 12.4. The van der Waals surface area contributed by atoms with E-state index in [0.717, 1.165) is 11.0 Å². The standard InChI is InChI=1S/C15H14ClN3O2/c1-2-4-12-13(16)18-15(21)19(14(12)20)9-11-6-3-5-10(7-11)8-17/h3,5-7H,2,4,9H2,1H3,(H,18,21). The molecule has 5 nitrogen and oxygen atoms in total. The number of halogens is 1. The Morgan fingerprint density at radius 2 is 2.14 bits per heavy atom. The Bertz CT molecular complexity index is 815. The number of nitrogens with zero attached hydrogens (tertiary/aromatic N) is 2. The van der Waals surface area contributed by atoms with Crippen LogP contribution in [0.5, 0.6) is 0 Å². The number of aromatic amines is 1. The number of benzene rings is 1. The molecule has 0 amide bonds. The van der Waals surface area contributed by atoms with Crippen LogP contribution in [0, 0.1) is 11.3 Å². The number of rotatable bonds is 4. The van der Waals surface area contributed by atoms with E-state index in [9.17, 15) is 9.59 Å². The minimum Gasteiger partial charge on any atom is -0.297 e. The second-order valence-electron chi connectivity index (χ2n) is 4.68. The van der Waals surface area contributed by atoms with Gasteiger partial charge in [-0.2, -0.15) is 5.26 Å². The highest BCUT2D eigenvalue weighted by Gasteiger charge is 2.12. The molecule has 108 valence electrons. The first-order chi connectivity index (χ1) is 10.1. The van der Waals surface area contributed by atoms with Crippen molar-refractivity contribution < 1.29 is 0 Å². The Kier molecular flexibility index (Phi) is 4.61. The topological polar surface area (TPSA) is 78.7 Å². The number of aromatic nitrogens is 2. The van der Waals surface area contributed by atoms with Crippen LogP contribution in [0.3, 0.4) is 0 Å². The van der Waals surface area contributed by atoms with Gasteiger partial charge in [0, 0.05) is 0 Å². The third-order valence-electron chi connectivity index (χ3n) is 3.13. The van der Waals surface area contributed by atoms with E-state index in [1.165, 1.54) is 0 Å². The molecule has 0 fully saturated rings. The molecule has 2 rings (SSSR count). The predicted octanol–water partition coefficient (Wildman–Crippen LogP) is 2.06. The maximum absolute atomic E-state index is 12.4. The summed E-state index contributed by atoms with van der Waals surface area (Å²) < 4.78 is 1.10. The van der Waals surface area contributed by atoms with Crippen molar-refractivity contribution in [2.75, 3.05) is 0 Å². The van der Waals surface area contributed by atoms with Crippen LogP contribution >= 0.6 is 11.6 Å². The van der Waals surface area contributed by atoms with Crippen molar-refractivity contribution in [1.29, 1.82) is 5.26 Å². The number of H-pyrrole nitrogens is 1. The summed E-state index contributed by atoms with van der Waals surface area (Å²) in [4.78, 5) is 26.8. The molecule has 0 aliphatic rings. The van der Waals surface area contributed by atoms with Crippen LogP contribution in [-0.2, 0) is 13.0 Å². The smallest absolute Gasteiger partial charge is 0.297 e. The first-order valence-corrected chi connectivity index (χ1v) is 6.95. The zero-order valence-corrected chi connectivity index (χ0v) is 12.3. The second kappa shape index (κ2) is 6.42. The van der Waals surface area contributed by atoms with Gasteiger partial charge in [-0.3, -0.25) is 14.3 Å². The van der Waals surface area contributed by atoms with Gasteiger partial charge in [0.15, 0.2) is 0 Å². The van der Waals surface area contributed by atoms with Crippen LogP contribution in [-0.4, -0.2) is 9.55 Å². The SMILES string of the molecule is CCCc1c(Cl)[nH]c(=O)n(Cc2cccc(C#N)c2)c1=O. The fourth-order valence-corrected chi connectivity index (χ4v) is 2.37. The maximum Gasteiger partial charge on any atom is 0.329 e. The Hall–Kier alpha value is -2.32. The third kappa shape index (κ3) is 3.23. The Labute approximate surface area is 126 Å². The normalized spacial score (nSPS) is 10.3. The van der Waals surface area contributed by atoms with Crippen molar-refractivity contribution >= 4 is 11.6 Å². The summed E-state index contributed by atoms with van der Waals surface area (Å²) >= 11 is 5.92. The predicted molar refractivity (Wildman–Crippen MR) is 80.6 cm³/mol. The van der Waals surface area contributed by atoms with Crippen LogP contribution in [0.15, 0.2) is 33.9 Å². The van der Waals surface area contributed by atoms with E-state index >= 15 is 0 Å². The van der Waals surface area contributed by atoms with E-state index in [-0.39, 0.29) is 17.3 Å². The average molecular weight is 304 g/mol. The molecule has 0 spiro atoms. The van der Waals surface area contributed by atoms with Gasteiger partial charge in [-0.15, -0.1) is 0 Å². The lowest BCUT2D eigenvalue weighted by Crippen LogP contribution is -2.37. The van der Waals surface area contributed by atoms with E-state index in [0.29, 0.717) is 23.1 Å². The van der Waals surface area contributed by atoms with Gasteiger partial charge in [0.2, 0.25) is 0 Å². The monoisotopic (exact) mass is 303 g/mol. The summed E-state index contributed by atoms with van der Waals surface area (Å²) in [7, 11) is 0. The zero-order chi connectivity index (χ0) is 15.4. The quantitative estimate of drug-likeness (QED) is 0.878. The lowest BCUT2D eigenvalue weighted by molar-refractivity contribution is 0.680. The Morgan fingerprint density at radius 3 is 2.81 bits per heavy atom. The molecular formula is C15H14ClN3O2. The summed E-state index contributed by atoms with van der Waals surface area (Å²) in [6, 6.07) is 8.83. The van der Waals surface area contributed by atoms with E-state index in [4.69, 9.17) is 16.9 Å². The number of nitrogens with one attached hydrogen (secondary N) is 1. The highest BCUT2D eigenvalue weighted by atomic mass is 35.5. The van der Waals surface area contributed by atoms with Crippen LogP contribution in [0.25, 0.3) is 0 Å². The van der Waals surface area contributed by atoms with Crippen LogP contribution in [0.2, 0.25) is 5.15 Å². The summed E-state index contributed by atoms with van der Waals surface area (Å²) in [6.45, 7) is 2.04. The van der Waals surface area contributed by atoms with Gasteiger partial charge in [-0.25, -0.2) is 4.79 Å². The molecule has 1 aromatic carbocycles. The molecule has 1 heterocycles. The molecular weight excluding hydrogens is 290 g/mol. The molecule has 0 unspecified atom stereocenters. The summed E-state index contributed by atoms with van der Waals surface area (Å²) in [5, 5.41) is 8.99. The molecule has 21 heavy (non-hydrogen) atoms. The minimum atomic E-state index is -0.549. The third-order valence-corrected chi connectivity index (χ3v) is 3.45. The molecule has 1 N–H and O–H groups in total. The highest BCUT2D eigenvalue weighted by Crippen LogP contribution is 2.09. The van der Waals surface area contributed by atoms with Crippen molar-refractivity contribution in [3.63, 3.8) is 0 Å². The van der Waals surface area contributed by atoms with Gasteiger partial charge < -0.3 is 0 Å². The molecule has 0 saturated carbocycles. The minimum absolute atomic E-state index is 0.105. The highest BCUT2D eigenvalue weighted by molar-refractivity contribution is 6.30. The summed E-state index contributed by atoms with van der Waals surface area (Å²) in [5.74, 6) is 0. The van der Waals surface area contributed by atoms with E-state index in [2.05, 4.69) is 4.98 Å². The van der Waals surface area contributed by atoms with Crippen molar-refractivity contribution in [2.45, 2.75) is 26.3 Å². The molecule has 6 heteroatoms. The fourth-order valence-electron chi connectivity index (χ4n) is 2.12. The van der Waals surface area contributed by atoms with Gasteiger partial charge in [-0.05, 0) is 24.1 Å². The molecule has 0 aliphatic heterocycles. The van der Waals surface area contributed by atoms with Crippen LogP contribution in [0.1, 0.15) is 30.0 Å². The van der Waals surface area contributed by atoms with E-state index in [1.807, 2.05) is 13.0 Å². The van der Waals surface area contributed by atoms with Crippen molar-refractivity contribution in [1.82, 2.24) is 9.55 Å². The molecule has 0 atom stereocenters. The number of nitriles is 1. The molecule has 0 saturated heterocycles. The molecule has 2 aromatic rings. The molecule has 0 bridgehead atoms. The first-order valence-electron chi connectivity index (χ1n) is 6.57. The summed E-state index contributed by atoms with van der Waals surface area (Å²) in [6.07, 6.45) is 1.26. The average Bonchev–Trinajstić information content (AvgIpc) is 2.48. The molecule has 0 radical (unpaired) electrons. The van der Waals surface area contributed by atoms with Crippen molar-refractivity contribution in [3.05, 3.63) is 66.9 Å². The van der Waals surface area contributed by atoms with E-state index < -0.39 is 5.69 Å². The van der Waals surface area contributed by atoms with Crippen molar-refractivity contribution in [3.8, 4) is 6.07 Å². The number of hydrogen-bond donors (Lipinski definition) is 1. The zero-order valence-electron chi connectivity index (χ0n) is 11.5. The lowest BCUT2D eigenvalue weighted by Gasteiger charge is -2.08. The summed E-state index contributed by atoms with van der Waals surface area (Å²) in [5.41, 5.74) is 0.682. The van der Waals surface area contributed by atoms with Gasteiger partial charge in [0.1, 0.15) is 5.15 Å². The molecule has 0 aliphatic carbocycles. The second-order valence-corrected chi connectivity index (χ2v) is 5.05. The van der Waals surface area contributed by atoms with Gasteiger partial charge >= 0.3 is 5.69 Å². The van der Waals surface area contributed by atoms with Gasteiger partial charge in [0.25, 0.3) is 5.56 Å². The molecule has 1 aromatic heterocycles. The fraction of sp³-hybridized carbons (Fsp3) is 0.267. The largest absolute Gasteiger partial charge is 0.329 e. The van der Waals surface area contributed by atoms with Crippen LogP contribution in [0.4, 0.5) is 0 Å². The lowest BCUT2D eigenvalue weighted by atomic mass is 10.1.